The number of carbonyl (C=O) groups is 2. The topological polar surface area (TPSA) is 59.3 Å². The van der Waals surface area contributed by atoms with Gasteiger partial charge in [-0.05, 0) is 51.8 Å². The Morgan fingerprint density at radius 2 is 1.71 bits per heavy atom. The van der Waals surface area contributed by atoms with E-state index in [0.717, 1.165) is 16.7 Å². The zero-order valence-corrected chi connectivity index (χ0v) is 15.4. The molecule has 0 spiro atoms. The molecule has 1 heterocycles. The Bertz CT molecular complexity index is 797. The van der Waals surface area contributed by atoms with Crippen molar-refractivity contribution in [3.8, 4) is 0 Å². The Hall–Kier alpha value is -2.07. The molecule has 4 nitrogen and oxygen atoms in total. The van der Waals surface area contributed by atoms with Gasteiger partial charge in [-0.2, -0.15) is 0 Å². The van der Waals surface area contributed by atoms with Crippen LogP contribution in [0.2, 0.25) is 5.02 Å². The molecular weight excluding hydrogens is 326 g/mol. The summed E-state index contributed by atoms with van der Waals surface area (Å²) in [5, 5.41) is 9.62. The number of aliphatic carboxylic acids is 1. The van der Waals surface area contributed by atoms with E-state index >= 15 is 0 Å². The molecule has 0 aliphatic carbocycles. The monoisotopic (exact) mass is 347 g/mol. The van der Waals surface area contributed by atoms with Crippen LogP contribution in [0.3, 0.4) is 0 Å². The maximum Gasteiger partial charge on any atom is 0.312 e. The minimum atomic E-state index is -0.966. The molecular formula is C19H22ClNO3. The lowest BCUT2D eigenvalue weighted by atomic mass is 9.95. The summed E-state index contributed by atoms with van der Waals surface area (Å²) < 4.78 is 1.71. The second-order valence-electron chi connectivity index (χ2n) is 6.17. The van der Waals surface area contributed by atoms with E-state index in [2.05, 4.69) is 0 Å². The molecule has 0 fully saturated rings. The van der Waals surface area contributed by atoms with E-state index in [1.807, 2.05) is 39.8 Å². The molecule has 2 rings (SSSR count). The zero-order valence-electron chi connectivity index (χ0n) is 14.6. The van der Waals surface area contributed by atoms with Crippen LogP contribution in [-0.2, 0) is 11.3 Å². The van der Waals surface area contributed by atoms with Crippen LogP contribution in [0, 0.1) is 20.8 Å². The lowest BCUT2D eigenvalue weighted by Crippen LogP contribution is -2.17. The molecule has 128 valence electrons. The van der Waals surface area contributed by atoms with E-state index in [0.29, 0.717) is 28.5 Å². The number of carboxylic acid groups (broad SMARTS) is 1. The summed E-state index contributed by atoms with van der Waals surface area (Å²) in [5.41, 5.74) is 4.47. The van der Waals surface area contributed by atoms with Gasteiger partial charge in [0.1, 0.15) is 0 Å². The SMILES string of the molecule is CCn1c(C(=O)c2c(C)cc(C)cc2C)cc(Cl)c1C(C)C(=O)O. The Kier molecular flexibility index (Phi) is 5.19. The summed E-state index contributed by atoms with van der Waals surface area (Å²) in [6, 6.07) is 5.53. The number of rotatable bonds is 5. The number of carbonyl (C=O) groups excluding carboxylic acids is 1. The third kappa shape index (κ3) is 3.11. The second kappa shape index (κ2) is 6.81. The van der Waals surface area contributed by atoms with Crippen molar-refractivity contribution in [1.29, 1.82) is 0 Å². The first-order chi connectivity index (χ1) is 11.2. The van der Waals surface area contributed by atoms with Crippen molar-refractivity contribution in [2.75, 3.05) is 0 Å². The number of ketones is 1. The van der Waals surface area contributed by atoms with Gasteiger partial charge in [-0.1, -0.05) is 29.3 Å². The third-order valence-electron chi connectivity index (χ3n) is 4.32. The lowest BCUT2D eigenvalue weighted by Gasteiger charge is -2.15. The number of nitrogens with zero attached hydrogens (tertiary/aromatic N) is 1. The Balaban J connectivity index is 2.64. The molecule has 0 radical (unpaired) electrons. The summed E-state index contributed by atoms with van der Waals surface area (Å²) in [6.07, 6.45) is 0. The lowest BCUT2D eigenvalue weighted by molar-refractivity contribution is -0.138. The van der Waals surface area contributed by atoms with Crippen molar-refractivity contribution >= 4 is 23.4 Å². The van der Waals surface area contributed by atoms with Crippen molar-refractivity contribution in [3.05, 3.63) is 56.9 Å². The molecule has 1 aromatic carbocycles. The van der Waals surface area contributed by atoms with Crippen LogP contribution in [0.25, 0.3) is 0 Å². The second-order valence-corrected chi connectivity index (χ2v) is 6.58. The molecule has 5 heteroatoms. The van der Waals surface area contributed by atoms with Crippen molar-refractivity contribution in [2.24, 2.45) is 0 Å². The molecule has 1 N–H and O–H groups in total. The number of benzene rings is 1. The van der Waals surface area contributed by atoms with Gasteiger partial charge in [0.05, 0.1) is 22.3 Å². The first-order valence-corrected chi connectivity index (χ1v) is 8.31. The molecule has 24 heavy (non-hydrogen) atoms. The highest BCUT2D eigenvalue weighted by atomic mass is 35.5. The summed E-state index contributed by atoms with van der Waals surface area (Å²) in [5.74, 6) is -1.87. The largest absolute Gasteiger partial charge is 0.481 e. The van der Waals surface area contributed by atoms with Crippen molar-refractivity contribution in [1.82, 2.24) is 4.57 Å². The van der Waals surface area contributed by atoms with Gasteiger partial charge in [0, 0.05) is 12.1 Å². The van der Waals surface area contributed by atoms with Gasteiger partial charge in [-0.3, -0.25) is 9.59 Å². The molecule has 0 aliphatic rings. The fourth-order valence-electron chi connectivity index (χ4n) is 3.28. The Morgan fingerprint density at radius 3 is 2.17 bits per heavy atom. The normalized spacial score (nSPS) is 12.2. The number of aromatic nitrogens is 1. The molecule has 0 saturated heterocycles. The van der Waals surface area contributed by atoms with Crippen LogP contribution < -0.4 is 0 Å². The number of hydrogen-bond acceptors (Lipinski definition) is 2. The van der Waals surface area contributed by atoms with Crippen LogP contribution in [0.5, 0.6) is 0 Å². The number of aryl methyl sites for hydroxylation is 3. The zero-order chi connectivity index (χ0) is 18.2. The highest BCUT2D eigenvalue weighted by molar-refractivity contribution is 6.32. The molecule has 1 aromatic heterocycles. The molecule has 0 amide bonds. The fourth-order valence-corrected chi connectivity index (χ4v) is 3.65. The maximum absolute atomic E-state index is 13.1. The summed E-state index contributed by atoms with van der Waals surface area (Å²) in [7, 11) is 0. The van der Waals surface area contributed by atoms with Crippen molar-refractivity contribution in [3.63, 3.8) is 0 Å². The fraction of sp³-hybridized carbons (Fsp3) is 0.368. The predicted octanol–water partition coefficient (Wildman–Crippen LogP) is 4.51. The van der Waals surface area contributed by atoms with Gasteiger partial charge in [0.15, 0.2) is 0 Å². The maximum atomic E-state index is 13.1. The van der Waals surface area contributed by atoms with Crippen molar-refractivity contribution < 1.29 is 14.7 Å². The van der Waals surface area contributed by atoms with Gasteiger partial charge in [-0.25, -0.2) is 0 Å². The van der Waals surface area contributed by atoms with E-state index in [1.165, 1.54) is 0 Å². The summed E-state index contributed by atoms with van der Waals surface area (Å²) >= 11 is 6.27. The van der Waals surface area contributed by atoms with Crippen LogP contribution >= 0.6 is 11.6 Å². The van der Waals surface area contributed by atoms with Gasteiger partial charge in [0.2, 0.25) is 5.78 Å². The number of carboxylic acids is 1. The highest BCUT2D eigenvalue weighted by Crippen LogP contribution is 2.31. The van der Waals surface area contributed by atoms with Gasteiger partial charge < -0.3 is 9.67 Å². The van der Waals surface area contributed by atoms with Gasteiger partial charge >= 0.3 is 5.97 Å². The van der Waals surface area contributed by atoms with Gasteiger partial charge in [0.25, 0.3) is 0 Å². The Labute approximate surface area is 147 Å². The van der Waals surface area contributed by atoms with Gasteiger partial charge in [-0.15, -0.1) is 0 Å². The smallest absolute Gasteiger partial charge is 0.312 e. The average Bonchev–Trinajstić information content (AvgIpc) is 2.81. The highest BCUT2D eigenvalue weighted by Gasteiger charge is 2.27. The standard InChI is InChI=1S/C19H22ClNO3/c1-6-21-15(9-14(20)17(21)13(5)19(23)24)18(22)16-11(3)7-10(2)8-12(16)4/h7-9,13H,6H2,1-5H3,(H,23,24). The minimum Gasteiger partial charge on any atom is -0.481 e. The van der Waals surface area contributed by atoms with E-state index in [4.69, 9.17) is 11.6 Å². The van der Waals surface area contributed by atoms with E-state index in [1.54, 1.807) is 17.6 Å². The van der Waals surface area contributed by atoms with E-state index in [-0.39, 0.29) is 5.78 Å². The molecule has 1 atom stereocenters. The summed E-state index contributed by atoms with van der Waals surface area (Å²) in [6.45, 7) is 9.74. The average molecular weight is 348 g/mol. The molecule has 2 aromatic rings. The third-order valence-corrected chi connectivity index (χ3v) is 4.63. The number of hydrogen-bond donors (Lipinski definition) is 1. The van der Waals surface area contributed by atoms with Crippen LogP contribution in [0.4, 0.5) is 0 Å². The van der Waals surface area contributed by atoms with E-state index in [9.17, 15) is 14.7 Å². The summed E-state index contributed by atoms with van der Waals surface area (Å²) in [4.78, 5) is 24.5. The molecule has 0 saturated carbocycles. The quantitative estimate of drug-likeness (QED) is 0.810. The van der Waals surface area contributed by atoms with E-state index < -0.39 is 11.9 Å². The minimum absolute atomic E-state index is 0.127. The van der Waals surface area contributed by atoms with Crippen LogP contribution in [-0.4, -0.2) is 21.4 Å². The first kappa shape index (κ1) is 18.3. The van der Waals surface area contributed by atoms with Crippen molar-refractivity contribution in [2.45, 2.75) is 47.1 Å². The molecule has 1 unspecified atom stereocenters. The number of halogens is 1. The first-order valence-electron chi connectivity index (χ1n) is 7.93. The predicted molar refractivity (Wildman–Crippen MR) is 95.3 cm³/mol. The Morgan fingerprint density at radius 1 is 1.17 bits per heavy atom. The molecule has 0 bridgehead atoms. The molecule has 0 aliphatic heterocycles. The van der Waals surface area contributed by atoms with Crippen LogP contribution in [0.1, 0.15) is 58.2 Å². The van der Waals surface area contributed by atoms with Crippen LogP contribution in [0.15, 0.2) is 18.2 Å².